The maximum atomic E-state index is 13.2. The first-order valence-corrected chi connectivity index (χ1v) is 11.1. The molecule has 3 N–H and O–H groups in total. The first-order valence-electron chi connectivity index (χ1n) is 9.61. The molecule has 1 aliphatic heterocycles. The Morgan fingerprint density at radius 2 is 2.10 bits per heavy atom. The summed E-state index contributed by atoms with van der Waals surface area (Å²) in [5.74, 6) is -0.223. The standard InChI is InChI=1S/C19H25N4O7P/c1-13-10-15(29-18(13)23-9-8-16(20)22-19(23)25)12-28-31(26,21-11-17(24)27-2)30-14-6-4-3-5-7-14/h3-9,13,15,18H,10-12H2,1-2H3,(H,21,26)(H2,20,22,25)/t13-,15?,18+,31?/m0/s1. The number of hydrogen-bond donors (Lipinski definition) is 2. The zero-order chi connectivity index (χ0) is 22.4. The number of carbonyl (C=O) groups is 1. The fourth-order valence-electron chi connectivity index (χ4n) is 3.12. The molecule has 4 atom stereocenters. The van der Waals surface area contributed by atoms with E-state index in [1.807, 2.05) is 6.92 Å². The summed E-state index contributed by atoms with van der Waals surface area (Å²) in [6.45, 7) is 1.47. The van der Waals surface area contributed by atoms with Crippen LogP contribution >= 0.6 is 7.75 Å². The third-order valence-corrected chi connectivity index (χ3v) is 6.11. The summed E-state index contributed by atoms with van der Waals surface area (Å²) in [5.41, 5.74) is 5.02. The van der Waals surface area contributed by atoms with E-state index >= 15 is 0 Å². The molecule has 0 amide bonds. The molecular formula is C19H25N4O7P. The lowest BCUT2D eigenvalue weighted by atomic mass is 10.1. The summed E-state index contributed by atoms with van der Waals surface area (Å²) in [6, 6.07) is 9.94. The van der Waals surface area contributed by atoms with Gasteiger partial charge in [-0.1, -0.05) is 25.1 Å². The van der Waals surface area contributed by atoms with Gasteiger partial charge in [0, 0.05) is 12.1 Å². The number of nitrogens with one attached hydrogen (secondary N) is 1. The Morgan fingerprint density at radius 3 is 2.77 bits per heavy atom. The minimum Gasteiger partial charge on any atom is -0.468 e. The maximum Gasteiger partial charge on any atom is 0.459 e. The Bertz CT molecular complexity index is 1000. The van der Waals surface area contributed by atoms with Crippen LogP contribution in [0.25, 0.3) is 0 Å². The van der Waals surface area contributed by atoms with Crippen molar-refractivity contribution in [1.29, 1.82) is 0 Å². The van der Waals surface area contributed by atoms with Crippen molar-refractivity contribution in [3.8, 4) is 5.75 Å². The second kappa shape index (κ2) is 10.1. The van der Waals surface area contributed by atoms with Crippen molar-refractivity contribution in [2.75, 3.05) is 26.0 Å². The van der Waals surface area contributed by atoms with Crippen LogP contribution in [0, 0.1) is 5.92 Å². The molecule has 0 bridgehead atoms. The van der Waals surface area contributed by atoms with E-state index in [9.17, 15) is 14.2 Å². The van der Waals surface area contributed by atoms with Crippen molar-refractivity contribution < 1.29 is 27.9 Å². The number of nitrogens with zero attached hydrogens (tertiary/aromatic N) is 2. The molecule has 2 unspecified atom stereocenters. The number of para-hydroxylation sites is 1. The van der Waals surface area contributed by atoms with Gasteiger partial charge in [-0.3, -0.25) is 13.9 Å². The van der Waals surface area contributed by atoms with Crippen molar-refractivity contribution in [1.82, 2.24) is 14.6 Å². The van der Waals surface area contributed by atoms with Gasteiger partial charge in [0.2, 0.25) is 0 Å². The van der Waals surface area contributed by atoms with Gasteiger partial charge in [-0.2, -0.15) is 4.98 Å². The molecule has 0 saturated carbocycles. The molecule has 2 heterocycles. The second-order valence-electron chi connectivity index (χ2n) is 7.01. The van der Waals surface area contributed by atoms with Crippen molar-refractivity contribution in [2.24, 2.45) is 5.92 Å². The molecule has 3 rings (SSSR count). The van der Waals surface area contributed by atoms with Crippen LogP contribution in [0.2, 0.25) is 0 Å². The van der Waals surface area contributed by atoms with Crippen LogP contribution in [0.4, 0.5) is 5.82 Å². The molecule has 31 heavy (non-hydrogen) atoms. The third-order valence-electron chi connectivity index (χ3n) is 4.62. The van der Waals surface area contributed by atoms with Crippen LogP contribution in [0.5, 0.6) is 5.75 Å². The number of nitrogen functional groups attached to an aromatic ring is 1. The van der Waals surface area contributed by atoms with E-state index in [-0.39, 0.29) is 24.9 Å². The largest absolute Gasteiger partial charge is 0.468 e. The molecule has 0 spiro atoms. The van der Waals surface area contributed by atoms with E-state index in [2.05, 4.69) is 14.8 Å². The Labute approximate surface area is 179 Å². The van der Waals surface area contributed by atoms with Gasteiger partial charge in [-0.25, -0.2) is 14.4 Å². The minimum absolute atomic E-state index is 0.0332. The van der Waals surface area contributed by atoms with Gasteiger partial charge >= 0.3 is 19.4 Å². The molecule has 1 aromatic carbocycles. The zero-order valence-electron chi connectivity index (χ0n) is 17.2. The smallest absolute Gasteiger partial charge is 0.459 e. The highest BCUT2D eigenvalue weighted by Crippen LogP contribution is 2.45. The average molecular weight is 452 g/mol. The predicted molar refractivity (Wildman–Crippen MR) is 111 cm³/mol. The molecule has 11 nitrogen and oxygen atoms in total. The quantitative estimate of drug-likeness (QED) is 0.426. The van der Waals surface area contributed by atoms with Gasteiger partial charge in [-0.05, 0) is 24.6 Å². The van der Waals surface area contributed by atoms with Gasteiger partial charge in [0.05, 0.1) is 19.8 Å². The molecule has 0 aliphatic carbocycles. The van der Waals surface area contributed by atoms with E-state index < -0.39 is 31.7 Å². The first kappa shape index (κ1) is 23.0. The highest BCUT2D eigenvalue weighted by atomic mass is 31.2. The number of carbonyl (C=O) groups excluding carboxylic acids is 1. The van der Waals surface area contributed by atoms with Gasteiger partial charge in [0.25, 0.3) is 0 Å². The number of esters is 1. The summed E-state index contributed by atoms with van der Waals surface area (Å²) < 4.78 is 36.1. The van der Waals surface area contributed by atoms with Crippen molar-refractivity contribution in [3.63, 3.8) is 0 Å². The number of hydrogen-bond acceptors (Lipinski definition) is 9. The molecule has 168 valence electrons. The van der Waals surface area contributed by atoms with Gasteiger partial charge in [0.15, 0.2) is 0 Å². The van der Waals surface area contributed by atoms with Crippen LogP contribution in [0.1, 0.15) is 19.6 Å². The topological polar surface area (TPSA) is 144 Å². The monoisotopic (exact) mass is 452 g/mol. The molecule has 1 aliphatic rings. The summed E-state index contributed by atoms with van der Waals surface area (Å²) in [4.78, 5) is 27.3. The second-order valence-corrected chi connectivity index (χ2v) is 8.76. The van der Waals surface area contributed by atoms with Gasteiger partial charge in [-0.15, -0.1) is 0 Å². The Balaban J connectivity index is 1.67. The van der Waals surface area contributed by atoms with Crippen LogP contribution in [-0.4, -0.2) is 41.9 Å². The van der Waals surface area contributed by atoms with Crippen LogP contribution < -0.4 is 21.0 Å². The number of rotatable bonds is 9. The van der Waals surface area contributed by atoms with E-state index in [0.717, 1.165) is 0 Å². The van der Waals surface area contributed by atoms with Gasteiger partial charge in [0.1, 0.15) is 24.3 Å². The van der Waals surface area contributed by atoms with Crippen LogP contribution in [0.15, 0.2) is 47.4 Å². The van der Waals surface area contributed by atoms with Crippen molar-refractivity contribution in [3.05, 3.63) is 53.1 Å². The zero-order valence-corrected chi connectivity index (χ0v) is 18.1. The Hall–Kier alpha value is -2.72. The average Bonchev–Trinajstić information content (AvgIpc) is 3.12. The van der Waals surface area contributed by atoms with E-state index in [4.69, 9.17) is 19.5 Å². The molecule has 1 aromatic heterocycles. The number of nitrogens with two attached hydrogens (primary N) is 1. The molecule has 1 fully saturated rings. The first-order chi connectivity index (χ1) is 14.8. The van der Waals surface area contributed by atoms with Crippen LogP contribution in [0.3, 0.4) is 0 Å². The highest BCUT2D eigenvalue weighted by Gasteiger charge is 2.37. The highest BCUT2D eigenvalue weighted by molar-refractivity contribution is 7.52. The number of benzene rings is 1. The Morgan fingerprint density at radius 1 is 1.35 bits per heavy atom. The van der Waals surface area contributed by atoms with E-state index in [1.165, 1.54) is 23.9 Å². The minimum atomic E-state index is -3.92. The number of aromatic nitrogens is 2. The SMILES string of the molecule is COC(=O)CNP(=O)(OCC1C[C@H](C)[C@H](n2ccc(N)nc2=O)O1)Oc1ccccc1. The fraction of sp³-hybridized carbons (Fsp3) is 0.421. The summed E-state index contributed by atoms with van der Waals surface area (Å²) in [5, 5.41) is 2.49. The van der Waals surface area contributed by atoms with E-state index in [1.54, 1.807) is 30.3 Å². The Kier molecular flexibility index (Phi) is 7.45. The molecular weight excluding hydrogens is 427 g/mol. The summed E-state index contributed by atoms with van der Waals surface area (Å²) in [7, 11) is -2.70. The normalized spacial score (nSPS) is 22.6. The van der Waals surface area contributed by atoms with Gasteiger partial charge < -0.3 is 19.7 Å². The van der Waals surface area contributed by atoms with Crippen LogP contribution in [-0.2, 0) is 23.4 Å². The maximum absolute atomic E-state index is 13.2. The van der Waals surface area contributed by atoms with Crippen molar-refractivity contribution >= 4 is 19.5 Å². The van der Waals surface area contributed by atoms with E-state index in [0.29, 0.717) is 12.2 Å². The lowest BCUT2D eigenvalue weighted by molar-refractivity contribution is -0.139. The number of anilines is 1. The number of methoxy groups -OCH3 is 1. The predicted octanol–water partition coefficient (Wildman–Crippen LogP) is 1.72. The van der Waals surface area contributed by atoms with Crippen molar-refractivity contribution in [2.45, 2.75) is 25.7 Å². The fourth-order valence-corrected chi connectivity index (χ4v) is 4.42. The lowest BCUT2D eigenvalue weighted by Crippen LogP contribution is -2.30. The summed E-state index contributed by atoms with van der Waals surface area (Å²) in [6.07, 6.45) is 1.05. The molecule has 0 radical (unpaired) electrons. The molecule has 12 heteroatoms. The number of ether oxygens (including phenoxy) is 2. The third kappa shape index (κ3) is 6.14. The molecule has 1 saturated heterocycles. The lowest BCUT2D eigenvalue weighted by Gasteiger charge is -2.21. The summed E-state index contributed by atoms with van der Waals surface area (Å²) >= 11 is 0. The molecule has 2 aromatic rings.